The van der Waals surface area contributed by atoms with E-state index in [9.17, 15) is 9.59 Å². The molecule has 6 nitrogen and oxygen atoms in total. The number of hydrogen-bond acceptors (Lipinski definition) is 3. The Balaban J connectivity index is 1.44. The Hall–Kier alpha value is -3.28. The molecule has 1 saturated heterocycles. The second-order valence-electron chi connectivity index (χ2n) is 6.61. The molecule has 2 aromatic carbocycles. The number of benzene rings is 2. The van der Waals surface area contributed by atoms with Crippen molar-refractivity contribution < 1.29 is 14.0 Å². The van der Waals surface area contributed by atoms with Crippen molar-refractivity contribution in [2.24, 2.45) is 0 Å². The predicted octanol–water partition coefficient (Wildman–Crippen LogP) is 3.75. The smallest absolute Gasteiger partial charge is 0.322 e. The van der Waals surface area contributed by atoms with Gasteiger partial charge in [0, 0.05) is 11.9 Å². The first kappa shape index (κ1) is 17.1. The lowest BCUT2D eigenvalue weighted by molar-refractivity contribution is -0.124. The van der Waals surface area contributed by atoms with E-state index in [4.69, 9.17) is 4.42 Å². The zero-order valence-corrected chi connectivity index (χ0v) is 14.9. The molecule has 2 N–H and O–H groups in total. The molecule has 4 rings (SSSR count). The van der Waals surface area contributed by atoms with Gasteiger partial charge in [0.25, 0.3) is 0 Å². The van der Waals surface area contributed by atoms with Crippen LogP contribution in [0.3, 0.4) is 0 Å². The third-order valence-corrected chi connectivity index (χ3v) is 4.86. The van der Waals surface area contributed by atoms with Crippen LogP contribution in [0.2, 0.25) is 0 Å². The first-order valence-electron chi connectivity index (χ1n) is 9.08. The molecule has 1 aliphatic rings. The minimum atomic E-state index is -0.463. The van der Waals surface area contributed by atoms with Gasteiger partial charge in [-0.05, 0) is 36.4 Å². The van der Waals surface area contributed by atoms with Crippen molar-refractivity contribution in [1.29, 1.82) is 0 Å². The normalized spacial score (nSPS) is 16.4. The van der Waals surface area contributed by atoms with Crippen molar-refractivity contribution in [1.82, 2.24) is 10.2 Å². The number of furan rings is 1. The summed E-state index contributed by atoms with van der Waals surface area (Å²) in [6, 6.07) is 16.6. The molecule has 3 aromatic rings. The Bertz CT molecular complexity index is 947. The van der Waals surface area contributed by atoms with Crippen molar-refractivity contribution in [3.63, 3.8) is 0 Å². The van der Waals surface area contributed by atoms with E-state index in [0.717, 1.165) is 22.9 Å². The molecule has 0 spiro atoms. The van der Waals surface area contributed by atoms with Gasteiger partial charge in [0.05, 0.1) is 18.5 Å². The van der Waals surface area contributed by atoms with E-state index < -0.39 is 6.04 Å². The summed E-state index contributed by atoms with van der Waals surface area (Å²) in [7, 11) is 0. The lowest BCUT2D eigenvalue weighted by Gasteiger charge is -2.24. The fourth-order valence-corrected chi connectivity index (χ4v) is 3.51. The maximum Gasteiger partial charge on any atom is 0.322 e. The van der Waals surface area contributed by atoms with Crippen molar-refractivity contribution in [2.45, 2.75) is 25.4 Å². The van der Waals surface area contributed by atoms with Crippen LogP contribution in [0.5, 0.6) is 0 Å². The zero-order valence-electron chi connectivity index (χ0n) is 14.9. The molecule has 1 aliphatic heterocycles. The summed E-state index contributed by atoms with van der Waals surface area (Å²) >= 11 is 0. The summed E-state index contributed by atoms with van der Waals surface area (Å²) in [6.45, 7) is 0.885. The molecule has 1 aromatic heterocycles. The van der Waals surface area contributed by atoms with Crippen molar-refractivity contribution >= 4 is 28.4 Å². The summed E-state index contributed by atoms with van der Waals surface area (Å²) < 4.78 is 5.23. The van der Waals surface area contributed by atoms with Gasteiger partial charge in [0.1, 0.15) is 11.8 Å². The fraction of sp³-hybridized carbons (Fsp3) is 0.238. The second kappa shape index (κ2) is 7.53. The van der Waals surface area contributed by atoms with Crippen LogP contribution in [-0.4, -0.2) is 29.4 Å². The van der Waals surface area contributed by atoms with Crippen molar-refractivity contribution in [3.8, 4) is 0 Å². The average Bonchev–Trinajstić information content (AvgIpc) is 3.38. The first-order valence-corrected chi connectivity index (χ1v) is 9.08. The minimum Gasteiger partial charge on any atom is -0.467 e. The van der Waals surface area contributed by atoms with Crippen LogP contribution < -0.4 is 10.6 Å². The molecular weight excluding hydrogens is 342 g/mol. The summed E-state index contributed by atoms with van der Waals surface area (Å²) in [6.07, 6.45) is 3.04. The number of hydrogen-bond donors (Lipinski definition) is 2. The predicted molar refractivity (Wildman–Crippen MR) is 103 cm³/mol. The Morgan fingerprint density at radius 1 is 1.07 bits per heavy atom. The number of amides is 3. The van der Waals surface area contributed by atoms with Gasteiger partial charge in [0.2, 0.25) is 5.91 Å². The number of carbonyl (C=O) groups excluding carboxylic acids is 2. The molecule has 6 heteroatoms. The topological polar surface area (TPSA) is 74.6 Å². The quantitative estimate of drug-likeness (QED) is 0.741. The summed E-state index contributed by atoms with van der Waals surface area (Å²) in [5.74, 6) is 0.532. The highest BCUT2D eigenvalue weighted by atomic mass is 16.3. The maximum absolute atomic E-state index is 12.8. The number of fused-ring (bicyclic) bond motifs is 1. The van der Waals surface area contributed by atoms with Gasteiger partial charge in [-0.2, -0.15) is 0 Å². The van der Waals surface area contributed by atoms with E-state index in [0.29, 0.717) is 25.3 Å². The van der Waals surface area contributed by atoms with Crippen LogP contribution in [0.4, 0.5) is 10.5 Å². The second-order valence-corrected chi connectivity index (χ2v) is 6.61. The molecule has 0 radical (unpaired) electrons. The molecule has 0 saturated carbocycles. The highest BCUT2D eigenvalue weighted by Crippen LogP contribution is 2.25. The third kappa shape index (κ3) is 3.65. The fourth-order valence-electron chi connectivity index (χ4n) is 3.51. The highest BCUT2D eigenvalue weighted by Gasteiger charge is 2.34. The van der Waals surface area contributed by atoms with Gasteiger partial charge in [-0.15, -0.1) is 0 Å². The average molecular weight is 363 g/mol. The number of urea groups is 1. The molecule has 1 unspecified atom stereocenters. The number of nitrogens with one attached hydrogen (secondary N) is 2. The largest absolute Gasteiger partial charge is 0.467 e. The molecule has 2 heterocycles. The van der Waals surface area contributed by atoms with E-state index in [2.05, 4.69) is 10.6 Å². The third-order valence-electron chi connectivity index (χ3n) is 4.86. The van der Waals surface area contributed by atoms with Crippen LogP contribution >= 0.6 is 0 Å². The Morgan fingerprint density at radius 2 is 1.93 bits per heavy atom. The summed E-state index contributed by atoms with van der Waals surface area (Å²) in [5, 5.41) is 7.86. The van der Waals surface area contributed by atoms with Crippen molar-refractivity contribution in [3.05, 3.63) is 66.6 Å². The molecule has 0 bridgehead atoms. The van der Waals surface area contributed by atoms with E-state index in [1.54, 1.807) is 23.3 Å². The number of nitrogens with zero attached hydrogens (tertiary/aromatic N) is 1. The SMILES string of the molecule is O=C(NCc1ccco1)C1CCCN1C(=O)Nc1cccc2ccccc12. The van der Waals surface area contributed by atoms with Gasteiger partial charge in [-0.3, -0.25) is 4.79 Å². The maximum atomic E-state index is 12.8. The number of rotatable bonds is 4. The molecule has 0 aliphatic carbocycles. The van der Waals surface area contributed by atoms with E-state index in [1.807, 2.05) is 42.5 Å². The Morgan fingerprint density at radius 3 is 2.78 bits per heavy atom. The molecule has 27 heavy (non-hydrogen) atoms. The lowest BCUT2D eigenvalue weighted by Crippen LogP contribution is -2.47. The molecule has 138 valence electrons. The zero-order chi connectivity index (χ0) is 18.6. The van der Waals surface area contributed by atoms with Crippen LogP contribution in [-0.2, 0) is 11.3 Å². The van der Waals surface area contributed by atoms with Crippen molar-refractivity contribution in [2.75, 3.05) is 11.9 Å². The molecule has 1 atom stereocenters. The summed E-state index contributed by atoms with van der Waals surface area (Å²) in [4.78, 5) is 27.0. The van der Waals surface area contributed by atoms with Gasteiger partial charge in [-0.1, -0.05) is 36.4 Å². The van der Waals surface area contributed by atoms with Crippen LogP contribution in [0.1, 0.15) is 18.6 Å². The lowest BCUT2D eigenvalue weighted by atomic mass is 10.1. The minimum absolute atomic E-state index is 0.156. The van der Waals surface area contributed by atoms with Crippen LogP contribution in [0.25, 0.3) is 10.8 Å². The van der Waals surface area contributed by atoms with Gasteiger partial charge >= 0.3 is 6.03 Å². The van der Waals surface area contributed by atoms with E-state index in [1.165, 1.54) is 0 Å². The standard InChI is InChI=1S/C21H21N3O3/c25-20(22-14-16-8-5-13-27-16)19-11-4-12-24(19)21(26)23-18-10-3-7-15-6-1-2-9-17(15)18/h1-3,5-10,13,19H,4,11-12,14H2,(H,22,25)(H,23,26). The van der Waals surface area contributed by atoms with E-state index >= 15 is 0 Å². The summed E-state index contributed by atoms with van der Waals surface area (Å²) in [5.41, 5.74) is 0.750. The monoisotopic (exact) mass is 363 g/mol. The number of likely N-dealkylation sites (tertiary alicyclic amines) is 1. The molecule has 1 fully saturated rings. The van der Waals surface area contributed by atoms with Gasteiger partial charge in [-0.25, -0.2) is 4.79 Å². The van der Waals surface area contributed by atoms with Crippen LogP contribution in [0.15, 0.2) is 65.3 Å². The number of carbonyl (C=O) groups is 2. The Labute approximate surface area is 157 Å². The number of anilines is 1. The highest BCUT2D eigenvalue weighted by molar-refractivity contribution is 6.02. The van der Waals surface area contributed by atoms with Crippen LogP contribution in [0, 0.1) is 0 Å². The molecule has 3 amide bonds. The first-order chi connectivity index (χ1) is 13.2. The molecular formula is C21H21N3O3. The van der Waals surface area contributed by atoms with Gasteiger partial charge < -0.3 is 20.0 Å². The van der Waals surface area contributed by atoms with E-state index in [-0.39, 0.29) is 11.9 Å². The Kier molecular flexibility index (Phi) is 4.78. The van der Waals surface area contributed by atoms with Gasteiger partial charge in [0.15, 0.2) is 0 Å².